The van der Waals surface area contributed by atoms with Gasteiger partial charge in [-0.2, -0.15) is 0 Å². The number of H-pyrrole nitrogens is 1. The van der Waals surface area contributed by atoms with Crippen LogP contribution in [0.3, 0.4) is 0 Å². The number of alkyl halides is 1. The van der Waals surface area contributed by atoms with Crippen molar-refractivity contribution >= 4 is 0 Å². The molecule has 1 fully saturated rings. The fraction of sp³-hybridized carbons (Fsp3) is 0.636. The fourth-order valence-corrected chi connectivity index (χ4v) is 2.36. The summed E-state index contributed by atoms with van der Waals surface area (Å²) >= 11 is 0. The molecule has 3 N–H and O–H groups in total. The average Bonchev–Trinajstić information content (AvgIpc) is 2.73. The van der Waals surface area contributed by atoms with E-state index >= 15 is 0 Å². The zero-order chi connectivity index (χ0) is 16.3. The Balaban J connectivity index is 2.34. The minimum Gasteiger partial charge on any atom is -0.393 e. The Bertz CT molecular complexity index is 699. The van der Waals surface area contributed by atoms with E-state index in [0.29, 0.717) is 0 Å². The van der Waals surface area contributed by atoms with Gasteiger partial charge in [0, 0.05) is 23.7 Å². The molecule has 0 aliphatic carbocycles. The molecule has 1 unspecified atom stereocenters. The van der Waals surface area contributed by atoms with E-state index < -0.39 is 42.0 Å². The molecule has 0 bridgehead atoms. The van der Waals surface area contributed by atoms with Gasteiger partial charge < -0.3 is 14.9 Å². The quantitative estimate of drug-likeness (QED) is 0.368. The monoisotopic (exact) mass is 315 g/mol. The summed E-state index contributed by atoms with van der Waals surface area (Å²) in [5, 5.41) is 22.7. The van der Waals surface area contributed by atoms with Crippen molar-refractivity contribution in [3.63, 3.8) is 0 Å². The first kappa shape index (κ1) is 16.2. The number of ether oxygens (including phenoxy) is 1. The van der Waals surface area contributed by atoms with Crippen LogP contribution in [-0.2, 0) is 4.74 Å². The van der Waals surface area contributed by atoms with E-state index in [2.05, 4.69) is 10.0 Å². The number of nitrogens with zero attached hydrogens (tertiary/aromatic N) is 4. The number of hydrogen-bond donors (Lipinski definition) is 3. The van der Waals surface area contributed by atoms with Gasteiger partial charge in [0.15, 0.2) is 12.4 Å². The molecule has 11 heteroatoms. The molecule has 2 rings (SSSR count). The van der Waals surface area contributed by atoms with Crippen LogP contribution < -0.4 is 11.2 Å². The molecular formula is C11H14FN5O5. The molecule has 0 aromatic carbocycles. The fourth-order valence-electron chi connectivity index (χ4n) is 2.36. The SMILES string of the molecule is [N-]=[N+]=NCC[C@]1(CO)O[C@@H](n2ccc(=O)[nH]c2=O)C(F)[C@H]1O. The van der Waals surface area contributed by atoms with E-state index in [0.717, 1.165) is 16.8 Å². The molecule has 0 radical (unpaired) electrons. The lowest BCUT2D eigenvalue weighted by atomic mass is 9.93. The summed E-state index contributed by atoms with van der Waals surface area (Å²) in [6, 6.07) is 1.00. The third kappa shape index (κ3) is 2.74. The highest BCUT2D eigenvalue weighted by Gasteiger charge is 2.55. The van der Waals surface area contributed by atoms with Gasteiger partial charge in [0.05, 0.1) is 6.61 Å². The highest BCUT2D eigenvalue weighted by Crippen LogP contribution is 2.40. The first-order valence-electron chi connectivity index (χ1n) is 6.38. The first-order valence-corrected chi connectivity index (χ1v) is 6.38. The van der Waals surface area contributed by atoms with Crippen LogP contribution in [0.1, 0.15) is 12.6 Å². The van der Waals surface area contributed by atoms with Gasteiger partial charge in [0.25, 0.3) is 5.56 Å². The van der Waals surface area contributed by atoms with Crippen LogP contribution >= 0.6 is 0 Å². The highest BCUT2D eigenvalue weighted by molar-refractivity contribution is 5.02. The molecule has 1 aliphatic rings. The van der Waals surface area contributed by atoms with Crippen molar-refractivity contribution < 1.29 is 19.3 Å². The Morgan fingerprint density at radius 3 is 2.91 bits per heavy atom. The summed E-state index contributed by atoms with van der Waals surface area (Å²) in [6.07, 6.45) is -4.36. The second-order valence-corrected chi connectivity index (χ2v) is 4.84. The van der Waals surface area contributed by atoms with Crippen LogP contribution in [0.4, 0.5) is 4.39 Å². The molecule has 1 saturated heterocycles. The van der Waals surface area contributed by atoms with Crippen LogP contribution in [0.2, 0.25) is 0 Å². The number of halogens is 1. The molecule has 0 amide bonds. The molecule has 10 nitrogen and oxygen atoms in total. The van der Waals surface area contributed by atoms with Crippen molar-refractivity contribution in [2.75, 3.05) is 13.2 Å². The summed E-state index contributed by atoms with van der Waals surface area (Å²) in [6.45, 7) is -0.863. The van der Waals surface area contributed by atoms with Crippen molar-refractivity contribution in [1.82, 2.24) is 9.55 Å². The molecule has 2 heterocycles. The Morgan fingerprint density at radius 1 is 1.59 bits per heavy atom. The molecule has 1 aliphatic heterocycles. The van der Waals surface area contributed by atoms with Gasteiger partial charge in [0.1, 0.15) is 11.7 Å². The van der Waals surface area contributed by atoms with Crippen LogP contribution in [0.25, 0.3) is 10.4 Å². The zero-order valence-corrected chi connectivity index (χ0v) is 11.3. The zero-order valence-electron chi connectivity index (χ0n) is 11.3. The van der Waals surface area contributed by atoms with Gasteiger partial charge in [-0.15, -0.1) is 0 Å². The average molecular weight is 315 g/mol. The van der Waals surface area contributed by atoms with E-state index in [1.54, 1.807) is 0 Å². The Morgan fingerprint density at radius 2 is 2.32 bits per heavy atom. The van der Waals surface area contributed by atoms with Crippen molar-refractivity contribution in [2.45, 2.75) is 30.5 Å². The maximum atomic E-state index is 14.3. The Hall–Kier alpha value is -2.20. The number of nitrogens with one attached hydrogen (secondary N) is 1. The molecule has 1 aromatic heterocycles. The van der Waals surface area contributed by atoms with Gasteiger partial charge in [-0.25, -0.2) is 9.18 Å². The van der Waals surface area contributed by atoms with E-state index in [1.165, 1.54) is 0 Å². The van der Waals surface area contributed by atoms with Crippen molar-refractivity contribution in [2.24, 2.45) is 5.11 Å². The lowest BCUT2D eigenvalue weighted by molar-refractivity contribution is -0.131. The summed E-state index contributed by atoms with van der Waals surface area (Å²) in [5.74, 6) is 0. The standard InChI is InChI=1S/C11H14FN5O5/c12-7-8(20)11(5-18,2-3-14-16-13)22-9(7)17-4-1-6(19)15-10(17)21/h1,4,7-9,18,20H,2-3,5H2,(H,15,19,21)/t7?,8-,9-,11-/m1/s1. The summed E-state index contributed by atoms with van der Waals surface area (Å²) in [4.78, 5) is 27.2. The van der Waals surface area contributed by atoms with Gasteiger partial charge >= 0.3 is 5.69 Å². The van der Waals surface area contributed by atoms with Crippen LogP contribution in [-0.4, -0.2) is 50.8 Å². The van der Waals surface area contributed by atoms with Gasteiger partial charge in [-0.3, -0.25) is 14.3 Å². The third-order valence-corrected chi connectivity index (χ3v) is 3.56. The summed E-state index contributed by atoms with van der Waals surface area (Å²) in [7, 11) is 0. The predicted molar refractivity (Wildman–Crippen MR) is 70.8 cm³/mol. The summed E-state index contributed by atoms with van der Waals surface area (Å²) in [5.41, 5.74) is 4.98. The highest BCUT2D eigenvalue weighted by atomic mass is 19.1. The molecular weight excluding hydrogens is 301 g/mol. The number of rotatable bonds is 5. The molecule has 0 spiro atoms. The minimum atomic E-state index is -2.01. The van der Waals surface area contributed by atoms with Gasteiger partial charge in [0.2, 0.25) is 0 Å². The van der Waals surface area contributed by atoms with E-state index in [4.69, 9.17) is 10.3 Å². The maximum Gasteiger partial charge on any atom is 0.330 e. The van der Waals surface area contributed by atoms with Crippen molar-refractivity contribution in [1.29, 1.82) is 0 Å². The molecule has 1 aromatic rings. The van der Waals surface area contributed by atoms with Gasteiger partial charge in [-0.05, 0) is 12.0 Å². The maximum absolute atomic E-state index is 14.3. The van der Waals surface area contributed by atoms with Crippen molar-refractivity contribution in [3.8, 4) is 0 Å². The lowest BCUT2D eigenvalue weighted by Crippen LogP contribution is -2.46. The third-order valence-electron chi connectivity index (χ3n) is 3.56. The Kier molecular flexibility index (Phi) is 4.62. The Labute approximate surface area is 122 Å². The van der Waals surface area contributed by atoms with Crippen LogP contribution in [0.5, 0.6) is 0 Å². The largest absolute Gasteiger partial charge is 0.393 e. The molecule has 120 valence electrons. The van der Waals surface area contributed by atoms with Gasteiger partial charge in [-0.1, -0.05) is 5.11 Å². The second-order valence-electron chi connectivity index (χ2n) is 4.84. The van der Waals surface area contributed by atoms with E-state index in [9.17, 15) is 24.2 Å². The molecule has 22 heavy (non-hydrogen) atoms. The second kappa shape index (κ2) is 6.28. The van der Waals surface area contributed by atoms with Crippen molar-refractivity contribution in [3.05, 3.63) is 43.5 Å². The van der Waals surface area contributed by atoms with Crippen LogP contribution in [0.15, 0.2) is 27.0 Å². The topological polar surface area (TPSA) is 153 Å². The number of azide groups is 1. The first-order chi connectivity index (χ1) is 10.4. The number of aromatic amines is 1. The lowest BCUT2D eigenvalue weighted by Gasteiger charge is -2.29. The molecule has 0 saturated carbocycles. The molecule has 4 atom stereocenters. The smallest absolute Gasteiger partial charge is 0.330 e. The van der Waals surface area contributed by atoms with E-state index in [1.807, 2.05) is 4.98 Å². The number of aromatic nitrogens is 2. The number of aliphatic hydroxyl groups excluding tert-OH is 2. The predicted octanol–water partition coefficient (Wildman–Crippen LogP) is -0.804. The minimum absolute atomic E-state index is 0.131. The summed E-state index contributed by atoms with van der Waals surface area (Å²) < 4.78 is 20.4. The normalized spacial score (nSPS) is 31.0. The number of hydrogen-bond acceptors (Lipinski definition) is 6. The van der Waals surface area contributed by atoms with E-state index in [-0.39, 0.29) is 13.0 Å². The number of aliphatic hydroxyl groups is 2. The van der Waals surface area contributed by atoms with Crippen LogP contribution in [0, 0.1) is 0 Å².